The van der Waals surface area contributed by atoms with Crippen LogP contribution in [0.4, 0.5) is 11.4 Å². The number of nitrogens with one attached hydrogen (secondary N) is 1. The van der Waals surface area contributed by atoms with Crippen LogP contribution in [0.1, 0.15) is 21.7 Å². The topological polar surface area (TPSA) is 131 Å². The van der Waals surface area contributed by atoms with E-state index in [1.807, 2.05) is 6.07 Å². The second kappa shape index (κ2) is 7.51. The molecular weight excluding hydrogens is 362 g/mol. The molecule has 0 saturated carbocycles. The Kier molecular flexibility index (Phi) is 4.95. The van der Waals surface area contributed by atoms with Crippen LogP contribution in [0, 0.1) is 28.4 Å². The molecule has 2 aromatic carbocycles. The van der Waals surface area contributed by atoms with E-state index in [1.165, 1.54) is 53.2 Å². The number of aryl methyl sites for hydroxylation is 1. The predicted molar refractivity (Wildman–Crippen MR) is 100 cm³/mol. The summed E-state index contributed by atoms with van der Waals surface area (Å²) >= 11 is 0. The lowest BCUT2D eigenvalue weighted by atomic mass is 10.2. The van der Waals surface area contributed by atoms with Gasteiger partial charge in [-0.1, -0.05) is 12.1 Å². The van der Waals surface area contributed by atoms with Crippen molar-refractivity contribution in [1.82, 2.24) is 9.78 Å². The van der Waals surface area contributed by atoms with E-state index in [-0.39, 0.29) is 11.4 Å². The monoisotopic (exact) mass is 375 g/mol. The van der Waals surface area contributed by atoms with Gasteiger partial charge in [-0.3, -0.25) is 19.7 Å². The van der Waals surface area contributed by atoms with Gasteiger partial charge in [0.25, 0.3) is 11.6 Å². The standard InChI is InChI=1S/C19H13N5O4/c1-12-10-17(25)18(19(26)21-14-8-6-13(11-20)7-9-14)22-23(12)15-4-2-3-5-16(15)24(27)28/h2-10H,1H3,(H,21,26). The molecule has 3 aromatic rings. The van der Waals surface area contributed by atoms with Crippen molar-refractivity contribution in [1.29, 1.82) is 5.26 Å². The highest BCUT2D eigenvalue weighted by molar-refractivity contribution is 6.02. The fourth-order valence-electron chi connectivity index (χ4n) is 2.56. The molecule has 0 spiro atoms. The van der Waals surface area contributed by atoms with Crippen LogP contribution in [0.15, 0.2) is 59.4 Å². The zero-order chi connectivity index (χ0) is 20.3. The van der Waals surface area contributed by atoms with E-state index < -0.39 is 22.0 Å². The van der Waals surface area contributed by atoms with Crippen LogP contribution in [-0.2, 0) is 0 Å². The Labute approximate surface area is 158 Å². The van der Waals surface area contributed by atoms with E-state index in [0.717, 1.165) is 0 Å². The van der Waals surface area contributed by atoms with E-state index in [0.29, 0.717) is 16.9 Å². The number of hydrogen-bond acceptors (Lipinski definition) is 6. The number of rotatable bonds is 4. The van der Waals surface area contributed by atoms with Crippen molar-refractivity contribution in [3.05, 3.63) is 91.9 Å². The molecule has 0 saturated heterocycles. The second-order valence-electron chi connectivity index (χ2n) is 5.80. The van der Waals surface area contributed by atoms with Crippen LogP contribution in [0.2, 0.25) is 0 Å². The molecule has 9 heteroatoms. The SMILES string of the molecule is Cc1cc(=O)c(C(=O)Nc2ccc(C#N)cc2)nn1-c1ccccc1[N+](=O)[O-]. The lowest BCUT2D eigenvalue weighted by Gasteiger charge is -2.11. The Morgan fingerprint density at radius 2 is 1.89 bits per heavy atom. The zero-order valence-corrected chi connectivity index (χ0v) is 14.6. The van der Waals surface area contributed by atoms with Gasteiger partial charge in [0.05, 0.1) is 16.6 Å². The zero-order valence-electron chi connectivity index (χ0n) is 14.6. The summed E-state index contributed by atoms with van der Waals surface area (Å²) < 4.78 is 1.19. The fourth-order valence-corrected chi connectivity index (χ4v) is 2.56. The minimum atomic E-state index is -0.762. The first kappa shape index (κ1) is 18.5. The number of carbonyl (C=O) groups is 1. The molecule has 9 nitrogen and oxygen atoms in total. The number of nitriles is 1. The highest BCUT2D eigenvalue weighted by atomic mass is 16.6. The molecule has 0 aliphatic rings. The molecule has 1 aromatic heterocycles. The Morgan fingerprint density at radius 3 is 2.54 bits per heavy atom. The van der Waals surface area contributed by atoms with Crippen molar-refractivity contribution in [2.24, 2.45) is 0 Å². The molecule has 0 aliphatic heterocycles. The van der Waals surface area contributed by atoms with Gasteiger partial charge in [-0.2, -0.15) is 10.4 Å². The quantitative estimate of drug-likeness (QED) is 0.551. The summed E-state index contributed by atoms with van der Waals surface area (Å²) in [6.45, 7) is 1.56. The number of carbonyl (C=O) groups excluding carboxylic acids is 1. The van der Waals surface area contributed by atoms with Crippen molar-refractivity contribution in [2.75, 3.05) is 5.32 Å². The van der Waals surface area contributed by atoms with E-state index in [1.54, 1.807) is 13.0 Å². The summed E-state index contributed by atoms with van der Waals surface area (Å²) in [6.07, 6.45) is 0. The number of nitrogens with zero attached hydrogens (tertiary/aromatic N) is 4. The third-order valence-electron chi connectivity index (χ3n) is 3.90. The molecule has 1 N–H and O–H groups in total. The molecule has 0 atom stereocenters. The minimum Gasteiger partial charge on any atom is -0.320 e. The number of amides is 1. The lowest BCUT2D eigenvalue weighted by Crippen LogP contribution is -2.27. The van der Waals surface area contributed by atoms with Gasteiger partial charge in [-0.05, 0) is 37.3 Å². The molecule has 138 valence electrons. The Morgan fingerprint density at radius 1 is 1.21 bits per heavy atom. The Bertz CT molecular complexity index is 1180. The van der Waals surface area contributed by atoms with Crippen molar-refractivity contribution >= 4 is 17.3 Å². The van der Waals surface area contributed by atoms with Gasteiger partial charge in [-0.15, -0.1) is 0 Å². The highest BCUT2D eigenvalue weighted by Crippen LogP contribution is 2.22. The predicted octanol–water partition coefficient (Wildman–Crippen LogP) is 2.57. The first-order chi connectivity index (χ1) is 13.4. The molecule has 0 bridgehead atoms. The third-order valence-corrected chi connectivity index (χ3v) is 3.90. The smallest absolute Gasteiger partial charge is 0.294 e. The molecule has 0 fully saturated rings. The average molecular weight is 375 g/mol. The minimum absolute atomic E-state index is 0.137. The van der Waals surface area contributed by atoms with Gasteiger partial charge in [0.2, 0.25) is 5.43 Å². The number of para-hydroxylation sites is 2. The second-order valence-corrected chi connectivity index (χ2v) is 5.80. The van der Waals surface area contributed by atoms with E-state index in [9.17, 15) is 19.7 Å². The van der Waals surface area contributed by atoms with Crippen LogP contribution in [0.3, 0.4) is 0 Å². The number of benzene rings is 2. The molecule has 1 amide bonds. The van der Waals surface area contributed by atoms with Gasteiger partial charge in [0.15, 0.2) is 5.69 Å². The van der Waals surface area contributed by atoms with E-state index in [2.05, 4.69) is 10.4 Å². The van der Waals surface area contributed by atoms with Gasteiger partial charge >= 0.3 is 0 Å². The van der Waals surface area contributed by atoms with Gasteiger partial charge in [0, 0.05) is 23.5 Å². The normalized spacial score (nSPS) is 10.1. The molecular formula is C19H13N5O4. The maximum Gasteiger partial charge on any atom is 0.294 e. The summed E-state index contributed by atoms with van der Waals surface area (Å²) in [5.74, 6) is -0.762. The molecule has 3 rings (SSSR count). The largest absolute Gasteiger partial charge is 0.320 e. The molecule has 0 unspecified atom stereocenters. The summed E-state index contributed by atoms with van der Waals surface area (Å²) in [4.78, 5) is 35.5. The highest BCUT2D eigenvalue weighted by Gasteiger charge is 2.20. The van der Waals surface area contributed by atoms with Crippen molar-refractivity contribution in [2.45, 2.75) is 6.92 Å². The molecule has 1 heterocycles. The van der Waals surface area contributed by atoms with E-state index in [4.69, 9.17) is 5.26 Å². The van der Waals surface area contributed by atoms with Gasteiger partial charge in [0.1, 0.15) is 5.69 Å². The van der Waals surface area contributed by atoms with Crippen molar-refractivity contribution in [3.63, 3.8) is 0 Å². The number of hydrogen-bond donors (Lipinski definition) is 1. The Hall–Kier alpha value is -4.32. The average Bonchev–Trinajstić information content (AvgIpc) is 2.68. The van der Waals surface area contributed by atoms with Crippen LogP contribution in [-0.4, -0.2) is 20.6 Å². The number of nitro groups is 1. The maximum atomic E-state index is 12.5. The van der Waals surface area contributed by atoms with Gasteiger partial charge < -0.3 is 5.32 Å². The van der Waals surface area contributed by atoms with Crippen LogP contribution in [0.25, 0.3) is 5.69 Å². The summed E-state index contributed by atoms with van der Waals surface area (Å²) in [5, 5.41) is 26.7. The first-order valence-corrected chi connectivity index (χ1v) is 8.07. The van der Waals surface area contributed by atoms with E-state index >= 15 is 0 Å². The van der Waals surface area contributed by atoms with Gasteiger partial charge in [-0.25, -0.2) is 4.68 Å². The first-order valence-electron chi connectivity index (χ1n) is 8.07. The van der Waals surface area contributed by atoms with Crippen LogP contribution < -0.4 is 10.7 Å². The molecule has 0 radical (unpaired) electrons. The van der Waals surface area contributed by atoms with Crippen molar-refractivity contribution < 1.29 is 9.72 Å². The van der Waals surface area contributed by atoms with Crippen molar-refractivity contribution in [3.8, 4) is 11.8 Å². The van der Waals surface area contributed by atoms with Crippen LogP contribution in [0.5, 0.6) is 0 Å². The summed E-state index contributed by atoms with van der Waals surface area (Å²) in [6, 6.07) is 15.1. The van der Waals surface area contributed by atoms with Crippen LogP contribution >= 0.6 is 0 Å². The maximum absolute atomic E-state index is 12.5. The fraction of sp³-hybridized carbons (Fsp3) is 0.0526. The number of anilines is 1. The lowest BCUT2D eigenvalue weighted by molar-refractivity contribution is -0.384. The number of nitro benzene ring substituents is 1. The Balaban J connectivity index is 2.02. The third kappa shape index (κ3) is 3.61. The molecule has 0 aliphatic carbocycles. The summed E-state index contributed by atoms with van der Waals surface area (Å²) in [7, 11) is 0. The number of aromatic nitrogens is 2. The molecule has 28 heavy (non-hydrogen) atoms. The summed E-state index contributed by atoms with van der Waals surface area (Å²) in [5.41, 5.74) is 0.0478.